The molecular formula is C66H64N2Na2O12. The third kappa shape index (κ3) is 8.51. The number of carboxylic acids is 2. The van der Waals surface area contributed by atoms with Crippen LogP contribution in [0.3, 0.4) is 0 Å². The first kappa shape index (κ1) is 60.2. The molecule has 6 aromatic carbocycles. The molecule has 0 N–H and O–H groups in total. The van der Waals surface area contributed by atoms with Gasteiger partial charge in [0.15, 0.2) is 69.0 Å². The van der Waals surface area contributed by atoms with E-state index < -0.39 is 11.9 Å². The van der Waals surface area contributed by atoms with Crippen molar-refractivity contribution in [3.05, 3.63) is 138 Å². The van der Waals surface area contributed by atoms with Gasteiger partial charge in [0.25, 0.3) is 0 Å². The minimum Gasteiger partial charge on any atom is -0.545 e. The molecule has 2 aliphatic heterocycles. The van der Waals surface area contributed by atoms with Crippen LogP contribution < -0.4 is 107 Å². The van der Waals surface area contributed by atoms with Crippen LogP contribution in [0.25, 0.3) is 0 Å². The van der Waals surface area contributed by atoms with Crippen LogP contribution in [0.15, 0.2) is 48.5 Å². The molecule has 82 heavy (non-hydrogen) atoms. The van der Waals surface area contributed by atoms with Gasteiger partial charge < -0.3 is 57.7 Å². The molecule has 2 heterocycles. The van der Waals surface area contributed by atoms with Crippen LogP contribution in [0.1, 0.15) is 180 Å². The number of carbonyl (C=O) groups is 2. The van der Waals surface area contributed by atoms with Crippen LogP contribution in [-0.2, 0) is 32.5 Å². The Bertz CT molecular complexity index is 3900. The zero-order valence-electron chi connectivity index (χ0n) is 50.2. The molecule has 2 spiro atoms. The van der Waals surface area contributed by atoms with E-state index >= 15 is 0 Å². The summed E-state index contributed by atoms with van der Waals surface area (Å²) in [5.41, 5.74) is 10.3. The second-order valence-electron chi connectivity index (χ2n) is 25.1. The fourth-order valence-corrected chi connectivity index (χ4v) is 15.1. The molecule has 2 unspecified atom stereocenters. The number of nitrogens with zero attached hydrogens (tertiary/aromatic N) is 2. The second kappa shape index (κ2) is 20.2. The number of carbonyl (C=O) groups excluding carboxylic acids is 2. The number of nitriles is 2. The predicted molar refractivity (Wildman–Crippen MR) is 294 cm³/mol. The molecule has 0 fully saturated rings. The average Bonchev–Trinajstić information content (AvgIpc) is 3.17. The van der Waals surface area contributed by atoms with Gasteiger partial charge in [-0.3, -0.25) is 0 Å². The Labute approximate surface area is 523 Å². The van der Waals surface area contributed by atoms with Crippen molar-refractivity contribution >= 4 is 11.9 Å². The first-order chi connectivity index (χ1) is 37.6. The molecule has 0 saturated heterocycles. The van der Waals surface area contributed by atoms with E-state index in [1.807, 2.05) is 26.0 Å². The Hall–Kier alpha value is -6.36. The van der Waals surface area contributed by atoms with Gasteiger partial charge in [0.05, 0.1) is 40.4 Å². The summed E-state index contributed by atoms with van der Waals surface area (Å²) in [5, 5.41) is 44.2. The monoisotopic (exact) mass is 1120 g/mol. The van der Waals surface area contributed by atoms with E-state index in [-0.39, 0.29) is 125 Å². The van der Waals surface area contributed by atoms with E-state index in [9.17, 15) is 30.3 Å². The summed E-state index contributed by atoms with van der Waals surface area (Å²) in [6, 6.07) is 21.0. The van der Waals surface area contributed by atoms with Crippen LogP contribution in [0.4, 0.5) is 0 Å². The zero-order chi connectivity index (χ0) is 57.9. The summed E-state index contributed by atoms with van der Waals surface area (Å²) in [7, 11) is 6.61. The van der Waals surface area contributed by atoms with Crippen molar-refractivity contribution in [2.75, 3.05) is 28.4 Å². The maximum atomic E-state index is 12.2. The molecule has 16 heteroatoms. The molecule has 412 valence electrons. The van der Waals surface area contributed by atoms with Crippen LogP contribution in [0.2, 0.25) is 0 Å². The Morgan fingerprint density at radius 1 is 0.415 bits per heavy atom. The van der Waals surface area contributed by atoms with Crippen LogP contribution >= 0.6 is 0 Å². The van der Waals surface area contributed by atoms with E-state index in [4.69, 9.17) is 37.9 Å². The molecule has 6 aliphatic rings. The topological polar surface area (TPSA) is 202 Å². The number of methoxy groups -OCH3 is 4. The number of fused-ring (bicyclic) bond motifs is 12. The minimum absolute atomic E-state index is 0. The van der Waals surface area contributed by atoms with E-state index in [0.29, 0.717) is 57.1 Å². The van der Waals surface area contributed by atoms with Gasteiger partial charge in [-0.15, -0.1) is 0 Å². The Kier molecular flexibility index (Phi) is 14.8. The van der Waals surface area contributed by atoms with Gasteiger partial charge in [-0.1, -0.05) is 55.4 Å². The summed E-state index contributed by atoms with van der Waals surface area (Å²) < 4.78 is 48.0. The molecule has 4 aliphatic carbocycles. The number of ether oxygens (including phenoxy) is 8. The SMILES string of the molecule is COc1cc2c(cc1OC)C1(CC2(C)C)CC(C)(C)c2cc3c(cc21)Oc1c(C#N)c(C)c(C)c(C#N)c1O3.COc1cc2c(cc1OC)C1(CC2(C)C)CC(C)(C)c2cc3c(cc21)Oc1c(c(C(=O)[O-])c(C)c(C)c1C(=O)[O-])O3.[Na+].[Na+]. The van der Waals surface area contributed by atoms with Crippen LogP contribution in [0.5, 0.6) is 69.0 Å². The number of hydrogen-bond donors (Lipinski definition) is 0. The summed E-state index contributed by atoms with van der Waals surface area (Å²) in [6.45, 7) is 24.7. The maximum Gasteiger partial charge on any atom is 1.00 e. The normalized spacial score (nSPS) is 19.9. The Morgan fingerprint density at radius 3 is 0.902 bits per heavy atom. The van der Waals surface area contributed by atoms with E-state index in [2.05, 4.69) is 104 Å². The number of aromatic carboxylic acids is 2. The predicted octanol–water partition coefficient (Wildman–Crippen LogP) is 6.21. The smallest absolute Gasteiger partial charge is 0.545 e. The molecular weight excluding hydrogens is 1060 g/mol. The van der Waals surface area contributed by atoms with Gasteiger partial charge in [0.2, 0.25) is 0 Å². The maximum absolute atomic E-state index is 12.2. The molecule has 0 radical (unpaired) electrons. The van der Waals surface area contributed by atoms with Crippen molar-refractivity contribution in [2.45, 2.75) is 141 Å². The molecule has 0 saturated carbocycles. The average molecular weight is 1120 g/mol. The van der Waals surface area contributed by atoms with Crippen molar-refractivity contribution < 1.29 is 117 Å². The zero-order valence-corrected chi connectivity index (χ0v) is 54.2. The molecule has 2 atom stereocenters. The minimum atomic E-state index is -1.48. The van der Waals surface area contributed by atoms with Crippen molar-refractivity contribution in [1.82, 2.24) is 0 Å². The van der Waals surface area contributed by atoms with Gasteiger partial charge in [0, 0.05) is 22.0 Å². The molecule has 0 amide bonds. The van der Waals surface area contributed by atoms with Crippen LogP contribution in [-0.4, -0.2) is 40.4 Å². The van der Waals surface area contributed by atoms with E-state index in [0.717, 1.165) is 65.0 Å². The van der Waals surface area contributed by atoms with Crippen molar-refractivity contribution in [2.24, 2.45) is 0 Å². The number of hydrogen-bond acceptors (Lipinski definition) is 14. The van der Waals surface area contributed by atoms with Gasteiger partial charge in [-0.25, -0.2) is 0 Å². The van der Waals surface area contributed by atoms with Gasteiger partial charge in [0.1, 0.15) is 23.3 Å². The standard InChI is InChI=1S/C33H32N2O4.C33H34O8.2Na/c1-17-18(2)20(14-35)30-29(19(17)13-34)38-27-10-22-24(12-28(27)39-30)33(16-32(22,5)6)15-31(3,4)21-9-25(36-7)26(37-8)11-23(21)33;1-15-16(2)26(30(36)37)28-27(25(15)29(34)35)40-23-10-18-20(12-24(23)41-28)33(14-32(18,5)6)13-31(3,4)17-9-21(38-7)22(39-8)11-19(17)33;;/h9-12H,15-16H2,1-8H3;9-12H,13-14H2,1-8H3,(H,34,35)(H,36,37);;/q;;2*+1/p-2. The summed E-state index contributed by atoms with van der Waals surface area (Å²) in [4.78, 5) is 24.4. The first-order valence-corrected chi connectivity index (χ1v) is 26.8. The Morgan fingerprint density at radius 2 is 0.646 bits per heavy atom. The number of rotatable bonds is 6. The van der Waals surface area contributed by atoms with Crippen molar-refractivity contribution in [1.29, 1.82) is 10.5 Å². The Balaban J connectivity index is 0.000000193. The number of carboxylic acid groups (broad SMARTS) is 2. The van der Waals surface area contributed by atoms with E-state index in [1.165, 1.54) is 41.7 Å². The molecule has 14 nitrogen and oxygen atoms in total. The summed E-state index contributed by atoms with van der Waals surface area (Å²) in [6.07, 6.45) is 3.49. The van der Waals surface area contributed by atoms with Gasteiger partial charge in [-0.2, -0.15) is 10.5 Å². The van der Waals surface area contributed by atoms with E-state index in [1.54, 1.807) is 28.4 Å². The third-order valence-electron chi connectivity index (χ3n) is 18.6. The molecule has 0 bridgehead atoms. The third-order valence-corrected chi connectivity index (χ3v) is 18.6. The van der Waals surface area contributed by atoms with Gasteiger partial charge in [-0.05, 0) is 190 Å². The second-order valence-corrected chi connectivity index (χ2v) is 25.1. The molecule has 12 rings (SSSR count). The fraction of sp³-hybridized carbons (Fsp3) is 0.394. The summed E-state index contributed by atoms with van der Waals surface area (Å²) >= 11 is 0. The first-order valence-electron chi connectivity index (χ1n) is 26.8. The van der Waals surface area contributed by atoms with Crippen molar-refractivity contribution in [3.63, 3.8) is 0 Å². The largest absolute Gasteiger partial charge is 1.00 e. The van der Waals surface area contributed by atoms with Gasteiger partial charge >= 0.3 is 59.1 Å². The van der Waals surface area contributed by atoms with Crippen LogP contribution in [0, 0.1) is 50.4 Å². The molecule has 6 aromatic rings. The number of benzene rings is 6. The summed E-state index contributed by atoms with van der Waals surface area (Å²) in [5.74, 6) is 1.86. The fourth-order valence-electron chi connectivity index (χ4n) is 15.1. The van der Waals surface area contributed by atoms with Crippen molar-refractivity contribution in [3.8, 4) is 81.1 Å². The molecule has 0 aromatic heterocycles. The quantitative estimate of drug-likeness (QED) is 0.170.